The van der Waals surface area contributed by atoms with Crippen LogP contribution in [0.1, 0.15) is 22.8 Å². The molecule has 16 nitrogen and oxygen atoms in total. The highest BCUT2D eigenvalue weighted by molar-refractivity contribution is 7.87. The molecule has 5 rings (SSSR count). The van der Waals surface area contributed by atoms with E-state index in [0.29, 0.717) is 0 Å². The number of hydrogen-bond acceptors (Lipinski definition) is 10. The van der Waals surface area contributed by atoms with Crippen LogP contribution < -0.4 is 0 Å². The topological polar surface area (TPSA) is 253 Å². The molecule has 0 amide bonds. The van der Waals surface area contributed by atoms with Crippen LogP contribution in [0.5, 0.6) is 0 Å². The van der Waals surface area contributed by atoms with Crippen LogP contribution in [0, 0.1) is 0 Å². The number of fused-ring (bicyclic) bond motifs is 8. The lowest BCUT2D eigenvalue weighted by Crippen LogP contribution is -2.07. The molecule has 0 radical (unpaired) electrons. The van der Waals surface area contributed by atoms with Crippen LogP contribution in [-0.2, 0) is 40.5 Å². The summed E-state index contributed by atoms with van der Waals surface area (Å²) in [6.45, 7) is 0. The summed E-state index contributed by atoms with van der Waals surface area (Å²) in [5.41, 5.74) is -8.40. The van der Waals surface area contributed by atoms with Gasteiger partial charge in [-0.3, -0.25) is 18.2 Å². The van der Waals surface area contributed by atoms with Crippen LogP contribution in [0.3, 0.4) is 0 Å². The molecule has 2 aliphatic rings. The summed E-state index contributed by atoms with van der Waals surface area (Å²) < 4.78 is 144. The average Bonchev–Trinajstić information content (AvgIpc) is 3.60. The van der Waals surface area contributed by atoms with Gasteiger partial charge in [-0.25, -0.2) is 18.1 Å². The van der Waals surface area contributed by atoms with Crippen molar-refractivity contribution >= 4 is 178 Å². The lowest BCUT2D eigenvalue weighted by atomic mass is 10.3. The molecule has 0 atom stereocenters. The molecule has 0 fully saturated rings. The molecule has 28 heteroatoms. The van der Waals surface area contributed by atoms with E-state index in [9.17, 15) is 51.9 Å². The molecule has 0 aromatic carbocycles. The van der Waals surface area contributed by atoms with Gasteiger partial charge in [-0.05, 0) is 12.2 Å². The average molecular weight is 906 g/mol. The Morgan fingerprint density at radius 3 is 0.958 bits per heavy atom. The summed E-state index contributed by atoms with van der Waals surface area (Å²) in [6, 6.07) is 0. The number of aromatic nitrogens is 4. The van der Waals surface area contributed by atoms with Gasteiger partial charge in [0.15, 0.2) is 0 Å². The first kappa shape index (κ1) is 37.8. The molecule has 4 N–H and O–H groups in total. The summed E-state index contributed by atoms with van der Waals surface area (Å²) in [7, 11) is -22.5. The second-order valence-corrected chi connectivity index (χ2v) is 17.5. The van der Waals surface area contributed by atoms with Gasteiger partial charge in [-0.2, -0.15) is 33.7 Å². The fourth-order valence-corrected chi connectivity index (χ4v) is 10.7. The maximum atomic E-state index is 12.9. The van der Waals surface area contributed by atoms with E-state index < -0.39 is 135 Å². The minimum absolute atomic E-state index is 0.0967. The monoisotopic (exact) mass is 902 g/mol. The lowest BCUT2D eigenvalue weighted by Gasteiger charge is -2.06. The minimum atomic E-state index is -5.69. The highest BCUT2D eigenvalue weighted by atomic mass is 35.5. The van der Waals surface area contributed by atoms with Gasteiger partial charge in [0.2, 0.25) is 0 Å². The van der Waals surface area contributed by atoms with Gasteiger partial charge in [0, 0.05) is 23.6 Å². The van der Waals surface area contributed by atoms with Gasteiger partial charge >= 0.3 is 0 Å². The summed E-state index contributed by atoms with van der Waals surface area (Å²) >= 11 is 50.2. The second-order valence-electron chi connectivity index (χ2n) is 9.08. The molecule has 2 aliphatic heterocycles. The Hall–Kier alpha value is -1.44. The van der Waals surface area contributed by atoms with Crippen molar-refractivity contribution < 1.29 is 51.9 Å². The lowest BCUT2D eigenvalue weighted by molar-refractivity contribution is 0.481. The molecule has 3 aromatic rings. The van der Waals surface area contributed by atoms with E-state index in [4.69, 9.17) is 93.2 Å². The predicted octanol–water partition coefficient (Wildman–Crippen LogP) is 6.34. The molecule has 48 heavy (non-hydrogen) atoms. The van der Waals surface area contributed by atoms with Crippen LogP contribution in [0.25, 0.3) is 44.3 Å². The van der Waals surface area contributed by atoms with E-state index in [1.807, 2.05) is 0 Å². The third-order valence-corrected chi connectivity index (χ3v) is 13.1. The van der Waals surface area contributed by atoms with Gasteiger partial charge in [0.05, 0.1) is 41.5 Å². The normalized spacial score (nSPS) is 14.3. The fraction of sp³-hybridized carbons (Fsp3) is 0. The first-order valence-corrected chi connectivity index (χ1v) is 20.0. The summed E-state index contributed by atoms with van der Waals surface area (Å²) in [6.07, 6.45) is 1.47. The van der Waals surface area contributed by atoms with E-state index in [2.05, 4.69) is 9.97 Å². The van der Waals surface area contributed by atoms with Crippen molar-refractivity contribution in [3.8, 4) is 0 Å². The van der Waals surface area contributed by atoms with Crippen molar-refractivity contribution in [3.05, 3.63) is 42.9 Å². The fourth-order valence-electron chi connectivity index (χ4n) is 4.54. The Morgan fingerprint density at radius 1 is 0.458 bits per heavy atom. The van der Waals surface area contributed by atoms with Crippen molar-refractivity contribution in [2.75, 3.05) is 0 Å². The van der Waals surface area contributed by atoms with E-state index in [0.717, 1.165) is 12.2 Å². The maximum Gasteiger partial charge on any atom is 0.298 e. The molecule has 0 aliphatic carbocycles. The highest BCUT2D eigenvalue weighted by Gasteiger charge is 2.37. The molecule has 0 saturated heterocycles. The van der Waals surface area contributed by atoms with Crippen molar-refractivity contribution in [2.45, 2.75) is 19.6 Å². The highest BCUT2D eigenvalue weighted by Crippen LogP contribution is 2.48. The van der Waals surface area contributed by atoms with Gasteiger partial charge in [-0.15, -0.1) is 0 Å². The Bertz CT molecular complexity index is 2580. The maximum absolute atomic E-state index is 12.9. The number of halogens is 8. The van der Waals surface area contributed by atoms with E-state index in [1.165, 1.54) is 0 Å². The van der Waals surface area contributed by atoms with Crippen LogP contribution in [-0.4, -0.2) is 70.0 Å². The molecule has 5 heterocycles. The molecule has 0 spiro atoms. The van der Waals surface area contributed by atoms with Crippen LogP contribution in [0.4, 0.5) is 0 Å². The Morgan fingerprint density at radius 2 is 0.708 bits per heavy atom. The Kier molecular flexibility index (Phi) is 9.51. The van der Waals surface area contributed by atoms with Crippen molar-refractivity contribution in [3.63, 3.8) is 0 Å². The smallest absolute Gasteiger partial charge is 0.282 e. The molecule has 0 saturated carbocycles. The van der Waals surface area contributed by atoms with Gasteiger partial charge in [0.25, 0.3) is 40.5 Å². The molecule has 0 unspecified atom stereocenters. The van der Waals surface area contributed by atoms with Crippen molar-refractivity contribution in [1.82, 2.24) is 18.1 Å². The summed E-state index contributed by atoms with van der Waals surface area (Å²) in [5.74, 6) is 0. The second kappa shape index (κ2) is 12.1. The third kappa shape index (κ3) is 5.91. The first-order chi connectivity index (χ1) is 21.7. The van der Waals surface area contributed by atoms with E-state index in [-0.39, 0.29) is 8.17 Å². The van der Waals surface area contributed by atoms with Gasteiger partial charge in [-0.1, -0.05) is 69.6 Å². The molecule has 3 aromatic heterocycles. The van der Waals surface area contributed by atoms with Crippen molar-refractivity contribution in [2.24, 2.45) is 0 Å². The standard InChI is InChI=1S/C20H6Cl8N4O12S4/c21-5-6(22)12-20(48(42,43)44)16-10(26)8(24)14(32(16)28)18(46(36,37)38)4-2-1-3(29-4)17(45(33,34)35)13-7(23)9(25)15(31(13)27)19(11(5)30-12)47(39,40)41/h1-2H,(H,33,34,35)(H,36,37,38)(H,39,40,41)(H,42,43,44). The van der Waals surface area contributed by atoms with Crippen LogP contribution in [0.2, 0.25) is 20.1 Å². The molecule has 258 valence electrons. The Balaban J connectivity index is 2.42. The molecule has 8 bridgehead atoms. The van der Waals surface area contributed by atoms with Crippen LogP contribution >= 0.6 is 93.2 Å². The Labute approximate surface area is 307 Å². The predicted molar refractivity (Wildman–Crippen MR) is 178 cm³/mol. The zero-order chi connectivity index (χ0) is 36.4. The van der Waals surface area contributed by atoms with Crippen LogP contribution in [0.15, 0.2) is 19.6 Å². The number of rotatable bonds is 4. The van der Waals surface area contributed by atoms with E-state index in [1.54, 1.807) is 0 Å². The van der Waals surface area contributed by atoms with Crippen molar-refractivity contribution in [1.29, 1.82) is 0 Å². The zero-order valence-electron chi connectivity index (χ0n) is 21.7. The number of nitrogens with zero attached hydrogens (tertiary/aromatic N) is 4. The van der Waals surface area contributed by atoms with Gasteiger partial charge < -0.3 is 0 Å². The van der Waals surface area contributed by atoms with Gasteiger partial charge in [0.1, 0.15) is 53.0 Å². The SMILES string of the molecule is O=S(=O)(O)c1c2nc(c(S(=O)(=O)O)c3c(Cl)c(Cl)c(c(S(=O)(=O)O)c4nc(c(S(=O)(=O)O)c5c(Cl)c(Cl)c1n5Cl)C(Cl)=C4Cl)n3Cl)C=C2. The summed E-state index contributed by atoms with van der Waals surface area (Å²) in [4.78, 5) is 1.85. The molecular weight excluding hydrogens is 900 g/mol. The molecular formula is C20H6Cl8N4O12S4. The number of hydrogen-bond donors (Lipinski definition) is 4. The minimum Gasteiger partial charge on any atom is -0.282 e. The first-order valence-electron chi connectivity index (χ1n) is 11.3. The summed E-state index contributed by atoms with van der Waals surface area (Å²) in [5, 5.41) is -5.76. The largest absolute Gasteiger partial charge is 0.298 e. The zero-order valence-corrected chi connectivity index (χ0v) is 31.0. The van der Waals surface area contributed by atoms with E-state index >= 15 is 0 Å². The third-order valence-electron chi connectivity index (χ3n) is 6.26. The quantitative estimate of drug-likeness (QED) is 0.163.